The lowest BCUT2D eigenvalue weighted by Crippen LogP contribution is -2.30. The van der Waals surface area contributed by atoms with Crippen LogP contribution < -0.4 is 4.90 Å². The highest BCUT2D eigenvalue weighted by molar-refractivity contribution is 6.00. The van der Waals surface area contributed by atoms with Crippen molar-refractivity contribution in [3.63, 3.8) is 0 Å². The standard InChI is InChI=1S/C15H13F4N3O/c1-3-14(23)22(13-6-7-21(2)20-13)9-10-8-11(16)4-5-12(10)15(17,18)19/h3-8H,1,9H2,2H3. The second-order valence-corrected chi connectivity index (χ2v) is 4.78. The summed E-state index contributed by atoms with van der Waals surface area (Å²) in [4.78, 5) is 13.0. The molecular weight excluding hydrogens is 314 g/mol. The Kier molecular flexibility index (Phi) is 4.53. The summed E-state index contributed by atoms with van der Waals surface area (Å²) in [6.07, 6.45) is -2.16. The lowest BCUT2D eigenvalue weighted by molar-refractivity contribution is -0.138. The molecular formula is C15H13F4N3O. The van der Waals surface area contributed by atoms with Crippen LogP contribution in [0.3, 0.4) is 0 Å². The van der Waals surface area contributed by atoms with E-state index in [4.69, 9.17) is 0 Å². The van der Waals surface area contributed by atoms with E-state index in [0.29, 0.717) is 6.07 Å². The highest BCUT2D eigenvalue weighted by atomic mass is 19.4. The van der Waals surface area contributed by atoms with Gasteiger partial charge in [0, 0.05) is 19.3 Å². The number of amides is 1. The quantitative estimate of drug-likeness (QED) is 0.638. The molecule has 0 fully saturated rings. The molecule has 1 aromatic carbocycles. The minimum atomic E-state index is -4.66. The van der Waals surface area contributed by atoms with Crippen LogP contribution >= 0.6 is 0 Å². The van der Waals surface area contributed by atoms with E-state index in [1.165, 1.54) is 16.9 Å². The number of benzene rings is 1. The van der Waals surface area contributed by atoms with E-state index in [2.05, 4.69) is 11.7 Å². The summed E-state index contributed by atoms with van der Waals surface area (Å²) < 4.78 is 53.9. The molecule has 0 atom stereocenters. The van der Waals surface area contributed by atoms with Crippen LogP contribution in [0.5, 0.6) is 0 Å². The van der Waals surface area contributed by atoms with Crippen LogP contribution in [0, 0.1) is 5.82 Å². The highest BCUT2D eigenvalue weighted by Crippen LogP contribution is 2.33. The smallest absolute Gasteiger partial charge is 0.287 e. The molecule has 0 spiro atoms. The number of aryl methyl sites for hydroxylation is 1. The van der Waals surface area contributed by atoms with Crippen molar-refractivity contribution in [3.8, 4) is 0 Å². The molecule has 23 heavy (non-hydrogen) atoms. The molecule has 0 radical (unpaired) electrons. The van der Waals surface area contributed by atoms with Crippen molar-refractivity contribution in [2.24, 2.45) is 7.05 Å². The maximum atomic E-state index is 13.4. The molecule has 1 aromatic heterocycles. The predicted octanol–water partition coefficient (Wildman–Crippen LogP) is 3.30. The largest absolute Gasteiger partial charge is 0.416 e. The van der Waals surface area contributed by atoms with Crippen molar-refractivity contribution in [3.05, 3.63) is 60.1 Å². The number of nitrogens with zero attached hydrogens (tertiary/aromatic N) is 3. The molecule has 0 saturated carbocycles. The van der Waals surface area contributed by atoms with Gasteiger partial charge in [-0.05, 0) is 29.8 Å². The van der Waals surface area contributed by atoms with Crippen molar-refractivity contribution >= 4 is 11.7 Å². The van der Waals surface area contributed by atoms with Crippen molar-refractivity contribution in [1.82, 2.24) is 9.78 Å². The number of carbonyl (C=O) groups excluding carboxylic acids is 1. The summed E-state index contributed by atoms with van der Waals surface area (Å²) in [7, 11) is 1.60. The van der Waals surface area contributed by atoms with E-state index >= 15 is 0 Å². The Hall–Kier alpha value is -2.64. The van der Waals surface area contributed by atoms with Gasteiger partial charge in [-0.1, -0.05) is 6.58 Å². The van der Waals surface area contributed by atoms with Gasteiger partial charge in [0.1, 0.15) is 5.82 Å². The lowest BCUT2D eigenvalue weighted by Gasteiger charge is -2.21. The van der Waals surface area contributed by atoms with Gasteiger partial charge >= 0.3 is 6.18 Å². The maximum absolute atomic E-state index is 13.4. The third-order valence-electron chi connectivity index (χ3n) is 3.12. The number of halogens is 4. The van der Waals surface area contributed by atoms with E-state index in [1.807, 2.05) is 0 Å². The minimum absolute atomic E-state index is 0.148. The van der Waals surface area contributed by atoms with Crippen LogP contribution in [0.4, 0.5) is 23.4 Å². The molecule has 0 unspecified atom stereocenters. The molecule has 4 nitrogen and oxygen atoms in total. The summed E-state index contributed by atoms with van der Waals surface area (Å²) in [5.74, 6) is -1.31. The molecule has 8 heteroatoms. The number of carbonyl (C=O) groups is 1. The molecule has 2 aromatic rings. The van der Waals surface area contributed by atoms with Crippen LogP contribution in [-0.4, -0.2) is 15.7 Å². The normalized spacial score (nSPS) is 11.3. The fraction of sp³-hybridized carbons (Fsp3) is 0.200. The number of hydrogen-bond donors (Lipinski definition) is 0. The Bertz CT molecular complexity index is 737. The molecule has 1 amide bonds. The number of aromatic nitrogens is 2. The Labute approximate surface area is 129 Å². The average molecular weight is 327 g/mol. The monoisotopic (exact) mass is 327 g/mol. The first kappa shape index (κ1) is 16.7. The first-order chi connectivity index (χ1) is 10.7. The fourth-order valence-corrected chi connectivity index (χ4v) is 2.07. The topological polar surface area (TPSA) is 38.1 Å². The number of rotatable bonds is 4. The van der Waals surface area contributed by atoms with Gasteiger partial charge in [0.15, 0.2) is 5.82 Å². The van der Waals surface area contributed by atoms with Gasteiger partial charge < -0.3 is 0 Å². The van der Waals surface area contributed by atoms with Gasteiger partial charge in [0.05, 0.1) is 12.1 Å². The molecule has 0 saturated heterocycles. The molecule has 0 N–H and O–H groups in total. The molecule has 0 aliphatic rings. The lowest BCUT2D eigenvalue weighted by atomic mass is 10.1. The van der Waals surface area contributed by atoms with Crippen LogP contribution in [-0.2, 0) is 24.6 Å². The SMILES string of the molecule is C=CC(=O)N(Cc1cc(F)ccc1C(F)(F)F)c1ccn(C)n1. The summed E-state index contributed by atoms with van der Waals surface area (Å²) in [5.41, 5.74) is -1.37. The minimum Gasteiger partial charge on any atom is -0.287 e. The molecule has 1 heterocycles. The van der Waals surface area contributed by atoms with Crippen LogP contribution in [0.15, 0.2) is 43.1 Å². The van der Waals surface area contributed by atoms with Crippen LogP contribution in [0.25, 0.3) is 0 Å². The zero-order valence-electron chi connectivity index (χ0n) is 12.1. The molecule has 0 bridgehead atoms. The number of hydrogen-bond acceptors (Lipinski definition) is 2. The highest BCUT2D eigenvalue weighted by Gasteiger charge is 2.34. The Morgan fingerprint density at radius 1 is 1.39 bits per heavy atom. The van der Waals surface area contributed by atoms with Gasteiger partial charge in [0.25, 0.3) is 5.91 Å². The fourth-order valence-electron chi connectivity index (χ4n) is 2.07. The first-order valence-electron chi connectivity index (χ1n) is 6.51. The third-order valence-corrected chi connectivity index (χ3v) is 3.12. The summed E-state index contributed by atoms with van der Waals surface area (Å²) in [6.45, 7) is 2.84. The second kappa shape index (κ2) is 6.23. The second-order valence-electron chi connectivity index (χ2n) is 4.78. The van der Waals surface area contributed by atoms with Crippen LogP contribution in [0.1, 0.15) is 11.1 Å². The summed E-state index contributed by atoms with van der Waals surface area (Å²) in [5, 5.41) is 3.99. The number of anilines is 1. The average Bonchev–Trinajstić information content (AvgIpc) is 2.89. The Morgan fingerprint density at radius 2 is 2.09 bits per heavy atom. The zero-order chi connectivity index (χ0) is 17.2. The van der Waals surface area contributed by atoms with Crippen molar-refractivity contribution in [2.75, 3.05) is 4.90 Å². The molecule has 122 valence electrons. The predicted molar refractivity (Wildman–Crippen MR) is 76.0 cm³/mol. The zero-order valence-corrected chi connectivity index (χ0v) is 12.1. The van der Waals surface area contributed by atoms with Crippen molar-refractivity contribution < 1.29 is 22.4 Å². The number of alkyl halides is 3. The molecule has 0 aliphatic carbocycles. The Balaban J connectivity index is 2.46. The van der Waals surface area contributed by atoms with Gasteiger partial charge in [0.2, 0.25) is 0 Å². The summed E-state index contributed by atoms with van der Waals surface area (Å²) in [6, 6.07) is 3.61. The van der Waals surface area contributed by atoms with Gasteiger partial charge in [-0.15, -0.1) is 0 Å². The van der Waals surface area contributed by atoms with E-state index in [-0.39, 0.29) is 11.4 Å². The van der Waals surface area contributed by atoms with Gasteiger partial charge in [-0.3, -0.25) is 14.4 Å². The van der Waals surface area contributed by atoms with E-state index < -0.39 is 30.0 Å². The summed E-state index contributed by atoms with van der Waals surface area (Å²) >= 11 is 0. The molecule has 0 aliphatic heterocycles. The van der Waals surface area contributed by atoms with Gasteiger partial charge in [-0.25, -0.2) is 4.39 Å². The Morgan fingerprint density at radius 3 is 2.61 bits per heavy atom. The third kappa shape index (κ3) is 3.77. The van der Waals surface area contributed by atoms with Gasteiger partial charge in [-0.2, -0.15) is 18.3 Å². The molecule has 2 rings (SSSR count). The maximum Gasteiger partial charge on any atom is 0.416 e. The van der Waals surface area contributed by atoms with E-state index in [0.717, 1.165) is 23.1 Å². The van der Waals surface area contributed by atoms with Crippen molar-refractivity contribution in [2.45, 2.75) is 12.7 Å². The van der Waals surface area contributed by atoms with E-state index in [1.54, 1.807) is 7.05 Å². The first-order valence-corrected chi connectivity index (χ1v) is 6.51. The van der Waals surface area contributed by atoms with Crippen LogP contribution in [0.2, 0.25) is 0 Å². The van der Waals surface area contributed by atoms with Crippen molar-refractivity contribution in [1.29, 1.82) is 0 Å². The van der Waals surface area contributed by atoms with E-state index in [9.17, 15) is 22.4 Å².